The molecule has 0 spiro atoms. The van der Waals surface area contributed by atoms with Crippen LogP contribution in [-0.2, 0) is 6.42 Å². The number of carbonyl (C=O) groups excluding carboxylic acids is 1. The maximum atomic E-state index is 11.3. The van der Waals surface area contributed by atoms with Crippen molar-refractivity contribution in [3.8, 4) is 0 Å². The van der Waals surface area contributed by atoms with E-state index in [1.54, 1.807) is 0 Å². The number of hydrogen-bond acceptors (Lipinski definition) is 6. The third-order valence-electron chi connectivity index (χ3n) is 1.66. The van der Waals surface area contributed by atoms with Crippen molar-refractivity contribution < 1.29 is 4.79 Å². The molecule has 15 heavy (non-hydrogen) atoms. The standard InChI is InChI=1S/C6H8N8O/c15-6(5-11-13-14-12-5)7-2-1-4-8-3-9-10-4/h3H,1-2H2,(H,7,15)(H,8,9,10)(H,11,12,13,14). The number of H-pyrrole nitrogens is 2. The van der Waals surface area contributed by atoms with Crippen molar-refractivity contribution in [3.63, 3.8) is 0 Å². The molecule has 0 aliphatic rings. The number of rotatable bonds is 4. The maximum Gasteiger partial charge on any atom is 0.292 e. The second-order valence-electron chi connectivity index (χ2n) is 2.67. The van der Waals surface area contributed by atoms with Crippen molar-refractivity contribution in [2.24, 2.45) is 0 Å². The van der Waals surface area contributed by atoms with Gasteiger partial charge in [0.05, 0.1) is 0 Å². The summed E-state index contributed by atoms with van der Waals surface area (Å²) in [4.78, 5) is 15.2. The SMILES string of the molecule is O=C(NCCc1ncn[nH]1)c1nn[nH]n1. The number of nitrogens with zero attached hydrogens (tertiary/aromatic N) is 5. The molecule has 0 unspecified atom stereocenters. The van der Waals surface area contributed by atoms with E-state index in [1.807, 2.05) is 0 Å². The zero-order valence-corrected chi connectivity index (χ0v) is 7.64. The van der Waals surface area contributed by atoms with Crippen LogP contribution in [-0.4, -0.2) is 48.3 Å². The van der Waals surface area contributed by atoms with Crippen LogP contribution in [0.25, 0.3) is 0 Å². The Morgan fingerprint density at radius 1 is 1.53 bits per heavy atom. The molecule has 0 radical (unpaired) electrons. The number of carbonyl (C=O) groups is 1. The molecule has 0 aromatic carbocycles. The quantitative estimate of drug-likeness (QED) is 0.549. The van der Waals surface area contributed by atoms with Gasteiger partial charge in [0.2, 0.25) is 0 Å². The van der Waals surface area contributed by atoms with E-state index in [1.165, 1.54) is 6.33 Å². The Bertz CT molecular complexity index is 406. The summed E-state index contributed by atoms with van der Waals surface area (Å²) in [6.45, 7) is 0.433. The molecule has 0 fully saturated rings. The van der Waals surface area contributed by atoms with Gasteiger partial charge >= 0.3 is 0 Å². The third-order valence-corrected chi connectivity index (χ3v) is 1.66. The summed E-state index contributed by atoms with van der Waals surface area (Å²) in [7, 11) is 0. The van der Waals surface area contributed by atoms with Gasteiger partial charge in [0.15, 0.2) is 0 Å². The van der Waals surface area contributed by atoms with Gasteiger partial charge in [0.25, 0.3) is 11.7 Å². The van der Waals surface area contributed by atoms with Crippen molar-refractivity contribution in [2.45, 2.75) is 6.42 Å². The first-order valence-corrected chi connectivity index (χ1v) is 4.22. The molecule has 0 saturated carbocycles. The second kappa shape index (κ2) is 4.26. The summed E-state index contributed by atoms with van der Waals surface area (Å²) >= 11 is 0. The minimum atomic E-state index is -0.372. The van der Waals surface area contributed by atoms with Crippen molar-refractivity contribution in [2.75, 3.05) is 6.54 Å². The molecular weight excluding hydrogens is 200 g/mol. The molecule has 1 amide bonds. The van der Waals surface area contributed by atoms with Crippen molar-refractivity contribution >= 4 is 5.91 Å². The van der Waals surface area contributed by atoms with Crippen molar-refractivity contribution in [3.05, 3.63) is 18.0 Å². The molecule has 78 valence electrons. The highest BCUT2D eigenvalue weighted by atomic mass is 16.2. The molecule has 0 aliphatic heterocycles. The lowest BCUT2D eigenvalue weighted by molar-refractivity contribution is 0.0943. The highest BCUT2D eigenvalue weighted by Crippen LogP contribution is 1.87. The number of aromatic nitrogens is 7. The molecule has 0 atom stereocenters. The third kappa shape index (κ3) is 2.33. The molecule has 0 aliphatic carbocycles. The lowest BCUT2D eigenvalue weighted by Crippen LogP contribution is -2.27. The Hall–Kier alpha value is -2.32. The van der Waals surface area contributed by atoms with Gasteiger partial charge in [-0.05, 0) is 5.21 Å². The molecule has 2 aromatic heterocycles. The lowest BCUT2D eigenvalue weighted by atomic mass is 10.4. The molecule has 9 heteroatoms. The zero-order valence-electron chi connectivity index (χ0n) is 7.64. The van der Waals surface area contributed by atoms with E-state index in [4.69, 9.17) is 0 Å². The van der Waals surface area contributed by atoms with Gasteiger partial charge in [-0.15, -0.1) is 10.2 Å². The largest absolute Gasteiger partial charge is 0.349 e. The van der Waals surface area contributed by atoms with E-state index in [0.29, 0.717) is 18.8 Å². The molecule has 2 rings (SSSR count). The van der Waals surface area contributed by atoms with Crippen LogP contribution in [0.4, 0.5) is 0 Å². The highest BCUT2D eigenvalue weighted by molar-refractivity contribution is 5.89. The minimum absolute atomic E-state index is 0.0209. The van der Waals surface area contributed by atoms with Gasteiger partial charge < -0.3 is 5.32 Å². The predicted molar refractivity (Wildman–Crippen MR) is 46.6 cm³/mol. The molecule has 0 bridgehead atoms. The summed E-state index contributed by atoms with van der Waals surface area (Å²) in [5.41, 5.74) is 0. The van der Waals surface area contributed by atoms with E-state index >= 15 is 0 Å². The van der Waals surface area contributed by atoms with Crippen LogP contribution in [0.5, 0.6) is 0 Å². The van der Waals surface area contributed by atoms with E-state index in [-0.39, 0.29) is 11.7 Å². The topological polar surface area (TPSA) is 125 Å². The van der Waals surface area contributed by atoms with Crippen LogP contribution in [0.2, 0.25) is 0 Å². The lowest BCUT2D eigenvalue weighted by Gasteiger charge is -1.98. The monoisotopic (exact) mass is 208 g/mol. The first kappa shape index (κ1) is 9.24. The molecule has 0 saturated heterocycles. The van der Waals surface area contributed by atoms with E-state index in [0.717, 1.165) is 0 Å². The Kier molecular flexibility index (Phi) is 2.63. The van der Waals surface area contributed by atoms with Crippen LogP contribution < -0.4 is 5.32 Å². The van der Waals surface area contributed by atoms with Gasteiger partial charge in [-0.2, -0.15) is 10.3 Å². The minimum Gasteiger partial charge on any atom is -0.349 e. The summed E-state index contributed by atoms with van der Waals surface area (Å²) in [6.07, 6.45) is 1.99. The first-order chi connectivity index (χ1) is 7.36. The van der Waals surface area contributed by atoms with E-state index in [2.05, 4.69) is 41.1 Å². The number of amides is 1. The summed E-state index contributed by atoms with van der Waals surface area (Å²) in [5.74, 6) is 0.360. The average Bonchev–Trinajstić information content (AvgIpc) is 2.90. The first-order valence-electron chi connectivity index (χ1n) is 4.22. The number of aromatic amines is 2. The fraction of sp³-hybridized carbons (Fsp3) is 0.333. The predicted octanol–water partition coefficient (Wildman–Crippen LogP) is -1.71. The van der Waals surface area contributed by atoms with Crippen molar-refractivity contribution in [1.29, 1.82) is 0 Å². The fourth-order valence-corrected chi connectivity index (χ4v) is 0.983. The van der Waals surface area contributed by atoms with Crippen LogP contribution in [0, 0.1) is 0 Å². The molecule has 2 aromatic rings. The Labute approximate surface area is 83.7 Å². The fourth-order valence-electron chi connectivity index (χ4n) is 0.983. The second-order valence-corrected chi connectivity index (χ2v) is 2.67. The van der Waals surface area contributed by atoms with E-state index < -0.39 is 0 Å². The molecular formula is C6H8N8O. The Balaban J connectivity index is 1.77. The maximum absolute atomic E-state index is 11.3. The van der Waals surface area contributed by atoms with Crippen LogP contribution in [0.15, 0.2) is 6.33 Å². The number of tetrazole rings is 1. The molecule has 3 N–H and O–H groups in total. The van der Waals surface area contributed by atoms with Crippen LogP contribution in [0.1, 0.15) is 16.4 Å². The van der Waals surface area contributed by atoms with E-state index in [9.17, 15) is 4.79 Å². The van der Waals surface area contributed by atoms with Crippen LogP contribution in [0.3, 0.4) is 0 Å². The van der Waals surface area contributed by atoms with Gasteiger partial charge in [0.1, 0.15) is 12.2 Å². The van der Waals surface area contributed by atoms with Crippen molar-refractivity contribution in [1.82, 2.24) is 41.1 Å². The average molecular weight is 208 g/mol. The number of nitrogens with one attached hydrogen (secondary N) is 3. The van der Waals surface area contributed by atoms with Crippen LogP contribution >= 0.6 is 0 Å². The zero-order chi connectivity index (χ0) is 10.5. The summed E-state index contributed by atoms with van der Waals surface area (Å²) in [5, 5.41) is 21.5. The molecule has 9 nitrogen and oxygen atoms in total. The Morgan fingerprint density at radius 3 is 3.13 bits per heavy atom. The summed E-state index contributed by atoms with van der Waals surface area (Å²) < 4.78 is 0. The highest BCUT2D eigenvalue weighted by Gasteiger charge is 2.09. The van der Waals surface area contributed by atoms with Gasteiger partial charge in [-0.1, -0.05) is 0 Å². The van der Waals surface area contributed by atoms with Gasteiger partial charge in [-0.3, -0.25) is 9.89 Å². The normalized spacial score (nSPS) is 10.1. The number of hydrogen-bond donors (Lipinski definition) is 3. The summed E-state index contributed by atoms with van der Waals surface area (Å²) in [6, 6.07) is 0. The van der Waals surface area contributed by atoms with Gasteiger partial charge in [0, 0.05) is 13.0 Å². The molecule has 2 heterocycles. The smallest absolute Gasteiger partial charge is 0.292 e. The van der Waals surface area contributed by atoms with Gasteiger partial charge in [-0.25, -0.2) is 4.98 Å². The Morgan fingerprint density at radius 2 is 2.47 bits per heavy atom.